The number of hydrogen-bond donors (Lipinski definition) is 1. The van der Waals surface area contributed by atoms with Gasteiger partial charge in [0, 0.05) is 11.3 Å². The summed E-state index contributed by atoms with van der Waals surface area (Å²) in [6, 6.07) is 0. The van der Waals surface area contributed by atoms with Crippen LogP contribution in [-0.4, -0.2) is 6.61 Å². The summed E-state index contributed by atoms with van der Waals surface area (Å²) in [7, 11) is 0. The Bertz CT molecular complexity index is 238. The predicted octanol–water partition coefficient (Wildman–Crippen LogP) is 2.51. The zero-order valence-corrected chi connectivity index (χ0v) is 8.18. The van der Waals surface area contributed by atoms with E-state index in [2.05, 4.69) is 19.7 Å². The molecule has 0 aliphatic rings. The molecule has 2 N–H and O–H groups in total. The van der Waals surface area contributed by atoms with Gasteiger partial charge in [0.15, 0.2) is 0 Å². The second kappa shape index (κ2) is 6.12. The Kier molecular flexibility index (Phi) is 5.44. The minimum Gasteiger partial charge on any atom is -0.494 e. The summed E-state index contributed by atoms with van der Waals surface area (Å²) in [4.78, 5) is 0. The lowest BCUT2D eigenvalue weighted by atomic mass is 10.2. The number of hydrogen-bond acceptors (Lipinski definition) is 2. The number of allylic oxidation sites excluding steroid dienone is 2. The summed E-state index contributed by atoms with van der Waals surface area (Å²) >= 11 is 0. The first-order valence-corrected chi connectivity index (χ1v) is 4.22. The van der Waals surface area contributed by atoms with Gasteiger partial charge < -0.3 is 10.5 Å². The van der Waals surface area contributed by atoms with Gasteiger partial charge in [0.2, 0.25) is 0 Å². The third-order valence-corrected chi connectivity index (χ3v) is 1.36. The largest absolute Gasteiger partial charge is 0.494 e. The maximum absolute atomic E-state index is 5.42. The Labute approximate surface area is 80.1 Å². The molecule has 0 aliphatic heterocycles. The predicted molar refractivity (Wildman–Crippen MR) is 57.0 cm³/mol. The monoisotopic (exact) mass is 179 g/mol. The van der Waals surface area contributed by atoms with Crippen molar-refractivity contribution in [2.24, 2.45) is 5.73 Å². The van der Waals surface area contributed by atoms with Gasteiger partial charge in [-0.15, -0.1) is 0 Å². The molecule has 0 bridgehead atoms. The zero-order chi connectivity index (χ0) is 10.3. The van der Waals surface area contributed by atoms with Crippen LogP contribution >= 0.6 is 0 Å². The Balaban J connectivity index is 4.32. The molecule has 0 aromatic carbocycles. The normalized spacial score (nSPS) is 10.7. The highest BCUT2D eigenvalue weighted by Crippen LogP contribution is 2.11. The molecule has 0 radical (unpaired) electrons. The van der Waals surface area contributed by atoms with Crippen LogP contribution in [0, 0.1) is 0 Å². The molecule has 0 spiro atoms. The fourth-order valence-electron chi connectivity index (χ4n) is 0.762. The number of ether oxygens (including phenoxy) is 1. The van der Waals surface area contributed by atoms with Gasteiger partial charge in [0.1, 0.15) is 5.76 Å². The van der Waals surface area contributed by atoms with Gasteiger partial charge in [0.25, 0.3) is 0 Å². The quantitative estimate of drug-likeness (QED) is 0.502. The molecule has 0 fully saturated rings. The van der Waals surface area contributed by atoms with E-state index in [4.69, 9.17) is 10.5 Å². The highest BCUT2D eigenvalue weighted by atomic mass is 16.5. The van der Waals surface area contributed by atoms with Gasteiger partial charge in [-0.2, -0.15) is 0 Å². The van der Waals surface area contributed by atoms with E-state index in [1.807, 2.05) is 6.92 Å². The van der Waals surface area contributed by atoms with Crippen LogP contribution in [0.3, 0.4) is 0 Å². The Hall–Kier alpha value is -1.44. The lowest BCUT2D eigenvalue weighted by molar-refractivity contribution is 0.223. The molecule has 0 aromatic heterocycles. The molecule has 0 saturated carbocycles. The van der Waals surface area contributed by atoms with Gasteiger partial charge in [-0.1, -0.05) is 32.7 Å². The molecule has 2 heteroatoms. The minimum absolute atomic E-state index is 0.469. The van der Waals surface area contributed by atoms with Crippen LogP contribution in [0.2, 0.25) is 0 Å². The lowest BCUT2D eigenvalue weighted by Gasteiger charge is -2.08. The first kappa shape index (κ1) is 11.6. The molecule has 2 nitrogen and oxygen atoms in total. The first-order valence-electron chi connectivity index (χ1n) is 4.22. The van der Waals surface area contributed by atoms with Crippen molar-refractivity contribution in [1.82, 2.24) is 0 Å². The van der Waals surface area contributed by atoms with E-state index in [1.165, 1.54) is 0 Å². The van der Waals surface area contributed by atoms with Crippen molar-refractivity contribution in [1.29, 1.82) is 0 Å². The Morgan fingerprint density at radius 1 is 1.46 bits per heavy atom. The third-order valence-electron chi connectivity index (χ3n) is 1.36. The average molecular weight is 179 g/mol. The van der Waals surface area contributed by atoms with Gasteiger partial charge in [-0.05, 0) is 12.5 Å². The second-order valence-corrected chi connectivity index (χ2v) is 2.65. The molecule has 0 aromatic rings. The maximum Gasteiger partial charge on any atom is 0.119 e. The smallest absolute Gasteiger partial charge is 0.119 e. The van der Waals surface area contributed by atoms with E-state index in [-0.39, 0.29) is 0 Å². The van der Waals surface area contributed by atoms with E-state index >= 15 is 0 Å². The number of rotatable bonds is 6. The summed E-state index contributed by atoms with van der Waals surface area (Å²) in [6.07, 6.45) is 4.29. The highest BCUT2D eigenvalue weighted by Gasteiger charge is 1.98. The van der Waals surface area contributed by atoms with Crippen LogP contribution < -0.4 is 5.73 Å². The molecule has 0 atom stereocenters. The lowest BCUT2D eigenvalue weighted by Crippen LogP contribution is -1.97. The Morgan fingerprint density at radius 3 is 2.46 bits per heavy atom. The average Bonchev–Trinajstić information content (AvgIpc) is 2.09. The fraction of sp³-hybridized carbons (Fsp3) is 0.273. The van der Waals surface area contributed by atoms with Crippen molar-refractivity contribution in [3.8, 4) is 0 Å². The van der Waals surface area contributed by atoms with E-state index in [9.17, 15) is 0 Å². The minimum atomic E-state index is 0.469. The van der Waals surface area contributed by atoms with Crippen LogP contribution in [0.4, 0.5) is 0 Å². The van der Waals surface area contributed by atoms with E-state index in [0.29, 0.717) is 18.1 Å². The molecule has 0 aliphatic carbocycles. The van der Waals surface area contributed by atoms with E-state index < -0.39 is 0 Å². The summed E-state index contributed by atoms with van der Waals surface area (Å²) in [5, 5.41) is 0. The summed E-state index contributed by atoms with van der Waals surface area (Å²) in [5.74, 6) is 0.587. The maximum atomic E-state index is 5.42. The second-order valence-electron chi connectivity index (χ2n) is 2.65. The van der Waals surface area contributed by atoms with Crippen molar-refractivity contribution in [3.05, 3.63) is 48.9 Å². The molecular formula is C11H17NO. The molecular weight excluding hydrogens is 162 g/mol. The van der Waals surface area contributed by atoms with Gasteiger partial charge >= 0.3 is 0 Å². The molecule has 72 valence electrons. The highest BCUT2D eigenvalue weighted by molar-refractivity contribution is 5.37. The van der Waals surface area contributed by atoms with Crippen molar-refractivity contribution in [2.45, 2.75) is 13.3 Å². The van der Waals surface area contributed by atoms with Gasteiger partial charge in [0.05, 0.1) is 6.61 Å². The van der Waals surface area contributed by atoms with E-state index in [1.54, 1.807) is 12.2 Å². The van der Waals surface area contributed by atoms with Crippen LogP contribution in [0.25, 0.3) is 0 Å². The summed E-state index contributed by atoms with van der Waals surface area (Å²) in [5.41, 5.74) is 6.67. The van der Waals surface area contributed by atoms with Gasteiger partial charge in [-0.25, -0.2) is 0 Å². The topological polar surface area (TPSA) is 35.2 Å². The van der Waals surface area contributed by atoms with Crippen molar-refractivity contribution in [2.75, 3.05) is 6.61 Å². The van der Waals surface area contributed by atoms with Crippen LogP contribution in [0.5, 0.6) is 0 Å². The Morgan fingerprint density at radius 2 is 2.08 bits per heavy atom. The van der Waals surface area contributed by atoms with Crippen molar-refractivity contribution in [3.63, 3.8) is 0 Å². The first-order chi connectivity index (χ1) is 6.11. The van der Waals surface area contributed by atoms with Crippen LogP contribution in [0.1, 0.15) is 13.3 Å². The zero-order valence-electron chi connectivity index (χ0n) is 8.18. The molecule has 13 heavy (non-hydrogen) atoms. The summed E-state index contributed by atoms with van der Waals surface area (Å²) < 4.78 is 5.31. The van der Waals surface area contributed by atoms with E-state index in [0.717, 1.165) is 12.0 Å². The molecule has 0 saturated heterocycles. The number of nitrogens with two attached hydrogens (primary N) is 1. The third kappa shape index (κ3) is 4.90. The standard InChI is InChI=1S/C11H17NO/c1-5-7-13-10(4)11(6-2)8-9(3)12/h6,8H,2-5,7,12H2,1H3/b11-8+. The van der Waals surface area contributed by atoms with Gasteiger partial charge in [-0.3, -0.25) is 0 Å². The SMILES string of the molecule is C=C/C(=C\C(=C)N)C(=C)OCCC. The summed E-state index contributed by atoms with van der Waals surface area (Å²) in [6.45, 7) is 13.6. The van der Waals surface area contributed by atoms with Crippen LogP contribution in [-0.2, 0) is 4.74 Å². The molecule has 0 heterocycles. The van der Waals surface area contributed by atoms with Crippen molar-refractivity contribution >= 4 is 0 Å². The molecule has 0 unspecified atom stereocenters. The van der Waals surface area contributed by atoms with Crippen molar-refractivity contribution < 1.29 is 4.74 Å². The fourth-order valence-corrected chi connectivity index (χ4v) is 0.762. The molecule has 0 rings (SSSR count). The molecule has 0 amide bonds. The van der Waals surface area contributed by atoms with Crippen LogP contribution in [0.15, 0.2) is 48.9 Å².